The first-order valence-electron chi connectivity index (χ1n) is 4.55. The van der Waals surface area contributed by atoms with Gasteiger partial charge in [-0.3, -0.25) is 15.1 Å². The number of hydrogen-bond donors (Lipinski definition) is 0. The summed E-state index contributed by atoms with van der Waals surface area (Å²) in [5.41, 5.74) is -0.380. The summed E-state index contributed by atoms with van der Waals surface area (Å²) in [6.45, 7) is 0. The molecule has 0 atom stereocenters. The average molecular weight is 272 g/mol. The number of fused-ring (bicyclic) bond motifs is 1. The first kappa shape index (κ1) is 12.2. The molecular formula is C9H5FN2O5S. The molecule has 9 heteroatoms. The molecule has 0 aliphatic carbocycles. The highest BCUT2D eigenvalue weighted by atomic mass is 32.3. The highest BCUT2D eigenvalue weighted by Gasteiger charge is 2.19. The van der Waals surface area contributed by atoms with E-state index in [1.807, 2.05) is 0 Å². The second-order valence-corrected chi connectivity index (χ2v) is 4.17. The lowest BCUT2D eigenvalue weighted by Gasteiger charge is -2.04. The minimum Gasteiger partial charge on any atom is -0.356 e. The Balaban J connectivity index is 2.72. The molecule has 0 bridgehead atoms. The molecule has 0 spiro atoms. The predicted octanol–water partition coefficient (Wildman–Crippen LogP) is 1.74. The van der Waals surface area contributed by atoms with E-state index in [4.69, 9.17) is 0 Å². The highest BCUT2D eigenvalue weighted by molar-refractivity contribution is 7.81. The zero-order valence-corrected chi connectivity index (χ0v) is 9.43. The zero-order chi connectivity index (χ0) is 13.3. The second-order valence-electron chi connectivity index (χ2n) is 3.22. The van der Waals surface area contributed by atoms with Crippen molar-refractivity contribution in [3.63, 3.8) is 0 Å². The summed E-state index contributed by atoms with van der Waals surface area (Å²) in [6.07, 6.45) is 1.28. The van der Waals surface area contributed by atoms with Crippen molar-refractivity contribution in [1.29, 1.82) is 0 Å². The van der Waals surface area contributed by atoms with Crippen LogP contribution in [0.1, 0.15) is 0 Å². The van der Waals surface area contributed by atoms with E-state index in [1.54, 1.807) is 0 Å². The van der Waals surface area contributed by atoms with Gasteiger partial charge in [0.05, 0.1) is 10.3 Å². The Bertz CT molecular complexity index is 731. The van der Waals surface area contributed by atoms with Gasteiger partial charge >= 0.3 is 10.5 Å². The van der Waals surface area contributed by atoms with Gasteiger partial charge in [-0.05, 0) is 18.2 Å². The maximum atomic E-state index is 12.5. The van der Waals surface area contributed by atoms with E-state index < -0.39 is 21.2 Å². The number of benzene rings is 1. The zero-order valence-electron chi connectivity index (χ0n) is 8.61. The number of aromatic nitrogens is 1. The molecule has 2 aromatic rings. The van der Waals surface area contributed by atoms with Crippen molar-refractivity contribution < 1.29 is 21.4 Å². The lowest BCUT2D eigenvalue weighted by atomic mass is 10.2. The van der Waals surface area contributed by atoms with Gasteiger partial charge in [0.2, 0.25) is 0 Å². The van der Waals surface area contributed by atoms with Crippen molar-refractivity contribution in [2.75, 3.05) is 0 Å². The largest absolute Gasteiger partial charge is 0.488 e. The van der Waals surface area contributed by atoms with Crippen LogP contribution in [0, 0.1) is 10.1 Å². The first-order chi connectivity index (χ1) is 8.38. The maximum absolute atomic E-state index is 12.5. The number of pyridine rings is 1. The number of rotatable bonds is 3. The number of halogens is 1. The van der Waals surface area contributed by atoms with Crippen LogP contribution in [0.4, 0.5) is 9.57 Å². The van der Waals surface area contributed by atoms with Crippen LogP contribution in [0.25, 0.3) is 10.9 Å². The van der Waals surface area contributed by atoms with Gasteiger partial charge in [0, 0.05) is 12.3 Å². The molecule has 0 saturated heterocycles. The van der Waals surface area contributed by atoms with Gasteiger partial charge in [0.25, 0.3) is 5.69 Å². The number of nitro benzene ring substituents is 1. The number of nitro groups is 1. The molecule has 7 nitrogen and oxygen atoms in total. The van der Waals surface area contributed by atoms with Gasteiger partial charge in [-0.15, -0.1) is 0 Å². The number of hydrogen-bond acceptors (Lipinski definition) is 6. The van der Waals surface area contributed by atoms with Gasteiger partial charge in [0.15, 0.2) is 5.75 Å². The first-order valence-corrected chi connectivity index (χ1v) is 5.85. The standard InChI is InChI=1S/C9H5FN2O5S/c10-18(15,16)17-8-4-3-7(12(13)14)6-2-1-5-11-9(6)8/h1-5H. The van der Waals surface area contributed by atoms with Crippen LogP contribution >= 0.6 is 0 Å². The van der Waals surface area contributed by atoms with Crippen LogP contribution in [0.5, 0.6) is 5.75 Å². The molecule has 2 rings (SSSR count). The van der Waals surface area contributed by atoms with Gasteiger partial charge in [-0.25, -0.2) is 0 Å². The molecule has 18 heavy (non-hydrogen) atoms. The molecule has 1 aromatic carbocycles. The fourth-order valence-electron chi connectivity index (χ4n) is 1.47. The monoisotopic (exact) mass is 272 g/mol. The quantitative estimate of drug-likeness (QED) is 0.479. The van der Waals surface area contributed by atoms with Crippen LogP contribution in [0.2, 0.25) is 0 Å². The average Bonchev–Trinajstić information content (AvgIpc) is 2.27. The third kappa shape index (κ3) is 2.35. The third-order valence-electron chi connectivity index (χ3n) is 2.10. The van der Waals surface area contributed by atoms with Crippen LogP contribution in [0.3, 0.4) is 0 Å². The second kappa shape index (κ2) is 4.18. The lowest BCUT2D eigenvalue weighted by molar-refractivity contribution is -0.383. The maximum Gasteiger partial charge on any atom is 0.488 e. The predicted molar refractivity (Wildman–Crippen MR) is 59.1 cm³/mol. The van der Waals surface area contributed by atoms with Crippen LogP contribution < -0.4 is 4.18 Å². The molecule has 0 radical (unpaired) electrons. The van der Waals surface area contributed by atoms with Gasteiger partial charge in [-0.2, -0.15) is 8.42 Å². The van der Waals surface area contributed by atoms with Crippen molar-refractivity contribution in [2.24, 2.45) is 0 Å². The topological polar surface area (TPSA) is 99.4 Å². The highest BCUT2D eigenvalue weighted by Crippen LogP contribution is 2.31. The number of non-ortho nitro benzene ring substituents is 1. The summed E-state index contributed by atoms with van der Waals surface area (Å²) >= 11 is 0. The minimum absolute atomic E-state index is 0.0589. The van der Waals surface area contributed by atoms with E-state index in [2.05, 4.69) is 9.17 Å². The van der Waals surface area contributed by atoms with Crippen LogP contribution in [0.15, 0.2) is 30.5 Å². The summed E-state index contributed by atoms with van der Waals surface area (Å²) in [7, 11) is -5.21. The van der Waals surface area contributed by atoms with E-state index in [-0.39, 0.29) is 16.6 Å². The van der Waals surface area contributed by atoms with E-state index in [0.717, 1.165) is 12.1 Å². The molecule has 0 aliphatic heterocycles. The van der Waals surface area contributed by atoms with Crippen molar-refractivity contribution >= 4 is 27.1 Å². The summed E-state index contributed by atoms with van der Waals surface area (Å²) in [4.78, 5) is 13.8. The lowest BCUT2D eigenvalue weighted by Crippen LogP contribution is -2.02. The molecule has 0 unspecified atom stereocenters. The van der Waals surface area contributed by atoms with Crippen molar-refractivity contribution in [2.45, 2.75) is 0 Å². The normalized spacial score (nSPS) is 11.4. The Kier molecular flexibility index (Phi) is 2.83. The molecule has 0 amide bonds. The Morgan fingerprint density at radius 1 is 1.33 bits per heavy atom. The van der Waals surface area contributed by atoms with Crippen molar-refractivity contribution in [3.8, 4) is 5.75 Å². The molecule has 0 N–H and O–H groups in total. The Labute approximate surface area is 100 Å². The summed E-state index contributed by atoms with van der Waals surface area (Å²) < 4.78 is 37.3. The molecule has 1 aromatic heterocycles. The van der Waals surface area contributed by atoms with Crippen LogP contribution in [-0.2, 0) is 10.5 Å². The summed E-state index contributed by atoms with van der Waals surface area (Å²) in [6, 6.07) is 4.79. The van der Waals surface area contributed by atoms with E-state index in [0.29, 0.717) is 0 Å². The SMILES string of the molecule is O=[N+]([O-])c1ccc(OS(=O)(=O)F)c2ncccc12. The minimum atomic E-state index is -5.21. The number of nitrogens with zero attached hydrogens (tertiary/aromatic N) is 2. The Morgan fingerprint density at radius 3 is 2.67 bits per heavy atom. The molecule has 94 valence electrons. The molecular weight excluding hydrogens is 267 g/mol. The molecule has 0 saturated carbocycles. The van der Waals surface area contributed by atoms with E-state index in [1.165, 1.54) is 18.3 Å². The van der Waals surface area contributed by atoms with Crippen molar-refractivity contribution in [1.82, 2.24) is 4.98 Å². The van der Waals surface area contributed by atoms with Gasteiger partial charge in [-0.1, -0.05) is 3.89 Å². The van der Waals surface area contributed by atoms with E-state index in [9.17, 15) is 22.4 Å². The smallest absolute Gasteiger partial charge is 0.356 e. The molecule has 0 fully saturated rings. The summed E-state index contributed by atoms with van der Waals surface area (Å²) in [5.74, 6) is -0.404. The van der Waals surface area contributed by atoms with Gasteiger partial charge < -0.3 is 4.18 Å². The fraction of sp³-hybridized carbons (Fsp3) is 0. The van der Waals surface area contributed by atoms with E-state index >= 15 is 0 Å². The third-order valence-corrected chi connectivity index (χ3v) is 2.47. The Morgan fingerprint density at radius 2 is 2.06 bits per heavy atom. The fourth-order valence-corrected chi connectivity index (χ4v) is 1.81. The Hall–Kier alpha value is -2.29. The molecule has 0 aliphatic rings. The van der Waals surface area contributed by atoms with Crippen molar-refractivity contribution in [3.05, 3.63) is 40.6 Å². The molecule has 1 heterocycles. The summed E-state index contributed by atoms with van der Waals surface area (Å²) in [5, 5.41) is 10.8. The van der Waals surface area contributed by atoms with Crippen LogP contribution in [-0.4, -0.2) is 18.3 Å². The van der Waals surface area contributed by atoms with Gasteiger partial charge in [0.1, 0.15) is 5.52 Å².